The summed E-state index contributed by atoms with van der Waals surface area (Å²) >= 11 is 0. The van der Waals surface area contributed by atoms with Gasteiger partial charge in [0, 0.05) is 11.3 Å². The third kappa shape index (κ3) is 2.79. The van der Waals surface area contributed by atoms with Gasteiger partial charge in [-0.2, -0.15) is 0 Å². The maximum atomic E-state index is 13.5. The standard InChI is InChI=1S/C16H16FNO2/c1-9-4-5-12(8-13(9)17)16(20)18-14-6-11(3)15(19)7-10(14)2/h4-8,19H,1-3H3,(H,18,20). The van der Waals surface area contributed by atoms with Crippen LogP contribution < -0.4 is 5.32 Å². The molecule has 4 heteroatoms. The van der Waals surface area contributed by atoms with Gasteiger partial charge in [0.15, 0.2) is 0 Å². The number of nitrogens with one attached hydrogen (secondary N) is 1. The number of hydrogen-bond donors (Lipinski definition) is 2. The smallest absolute Gasteiger partial charge is 0.255 e. The van der Waals surface area contributed by atoms with Crippen LogP contribution in [0, 0.1) is 26.6 Å². The number of benzene rings is 2. The fourth-order valence-corrected chi connectivity index (χ4v) is 1.86. The molecule has 0 unspecified atom stereocenters. The van der Waals surface area contributed by atoms with Crippen LogP contribution in [-0.2, 0) is 0 Å². The fourth-order valence-electron chi connectivity index (χ4n) is 1.86. The van der Waals surface area contributed by atoms with Crippen LogP contribution in [0.25, 0.3) is 0 Å². The number of aryl methyl sites for hydroxylation is 3. The van der Waals surface area contributed by atoms with Crippen molar-refractivity contribution in [2.24, 2.45) is 0 Å². The quantitative estimate of drug-likeness (QED) is 0.819. The molecular weight excluding hydrogens is 257 g/mol. The predicted molar refractivity (Wildman–Crippen MR) is 76.7 cm³/mol. The van der Waals surface area contributed by atoms with E-state index in [4.69, 9.17) is 0 Å². The summed E-state index contributed by atoms with van der Waals surface area (Å²) in [4.78, 5) is 12.1. The zero-order chi connectivity index (χ0) is 14.9. The van der Waals surface area contributed by atoms with Gasteiger partial charge in [-0.15, -0.1) is 0 Å². The normalized spacial score (nSPS) is 10.4. The molecule has 2 aromatic carbocycles. The Morgan fingerprint density at radius 1 is 1.05 bits per heavy atom. The van der Waals surface area contributed by atoms with Crippen LogP contribution in [0.3, 0.4) is 0 Å². The molecule has 2 rings (SSSR count). The van der Waals surface area contributed by atoms with E-state index in [2.05, 4.69) is 5.32 Å². The first-order chi connectivity index (χ1) is 9.38. The van der Waals surface area contributed by atoms with E-state index in [1.807, 2.05) is 0 Å². The zero-order valence-corrected chi connectivity index (χ0v) is 11.6. The van der Waals surface area contributed by atoms with Crippen LogP contribution in [0.1, 0.15) is 27.0 Å². The largest absolute Gasteiger partial charge is 0.508 e. The SMILES string of the molecule is Cc1cc(NC(=O)c2ccc(C)c(F)c2)c(C)cc1O. The van der Waals surface area contributed by atoms with E-state index in [0.717, 1.165) is 5.56 Å². The molecular formula is C16H16FNO2. The van der Waals surface area contributed by atoms with Crippen molar-refractivity contribution in [3.8, 4) is 5.75 Å². The van der Waals surface area contributed by atoms with E-state index in [-0.39, 0.29) is 17.2 Å². The Kier molecular flexibility index (Phi) is 3.74. The highest BCUT2D eigenvalue weighted by atomic mass is 19.1. The number of phenolic OH excluding ortho intramolecular Hbond substituents is 1. The van der Waals surface area contributed by atoms with Gasteiger partial charge in [-0.1, -0.05) is 6.07 Å². The Labute approximate surface area is 117 Å². The Balaban J connectivity index is 2.27. The van der Waals surface area contributed by atoms with E-state index in [1.165, 1.54) is 6.07 Å². The molecule has 3 nitrogen and oxygen atoms in total. The monoisotopic (exact) mass is 273 g/mol. The molecule has 0 radical (unpaired) electrons. The first kappa shape index (κ1) is 14.1. The summed E-state index contributed by atoms with van der Waals surface area (Å²) in [6, 6.07) is 7.64. The number of carbonyl (C=O) groups is 1. The first-order valence-electron chi connectivity index (χ1n) is 6.26. The van der Waals surface area contributed by atoms with Crippen LogP contribution in [0.2, 0.25) is 0 Å². The van der Waals surface area contributed by atoms with Crippen molar-refractivity contribution in [2.45, 2.75) is 20.8 Å². The second-order valence-electron chi connectivity index (χ2n) is 4.87. The van der Waals surface area contributed by atoms with Gasteiger partial charge >= 0.3 is 0 Å². The number of rotatable bonds is 2. The van der Waals surface area contributed by atoms with Gasteiger partial charge in [-0.05, 0) is 61.7 Å². The molecule has 104 valence electrons. The van der Waals surface area contributed by atoms with Crippen molar-refractivity contribution in [3.63, 3.8) is 0 Å². The van der Waals surface area contributed by atoms with Crippen molar-refractivity contribution >= 4 is 11.6 Å². The summed E-state index contributed by atoms with van der Waals surface area (Å²) < 4.78 is 13.5. The molecule has 0 atom stereocenters. The number of carbonyl (C=O) groups excluding carboxylic acids is 1. The van der Waals surface area contributed by atoms with Crippen molar-refractivity contribution < 1.29 is 14.3 Å². The lowest BCUT2D eigenvalue weighted by Gasteiger charge is -2.11. The summed E-state index contributed by atoms with van der Waals surface area (Å²) in [6.45, 7) is 5.17. The molecule has 20 heavy (non-hydrogen) atoms. The number of amides is 1. The lowest BCUT2D eigenvalue weighted by atomic mass is 10.1. The molecule has 0 aliphatic carbocycles. The van der Waals surface area contributed by atoms with E-state index in [1.54, 1.807) is 45.0 Å². The maximum absolute atomic E-state index is 13.5. The van der Waals surface area contributed by atoms with Crippen LogP contribution in [0.4, 0.5) is 10.1 Å². The van der Waals surface area contributed by atoms with Gasteiger partial charge in [0.1, 0.15) is 11.6 Å². The molecule has 0 bridgehead atoms. The van der Waals surface area contributed by atoms with Gasteiger partial charge in [-0.3, -0.25) is 4.79 Å². The molecule has 0 aliphatic rings. The second-order valence-corrected chi connectivity index (χ2v) is 4.87. The number of phenols is 1. The van der Waals surface area contributed by atoms with Crippen LogP contribution in [0.5, 0.6) is 5.75 Å². The summed E-state index contributed by atoms with van der Waals surface area (Å²) in [5.41, 5.74) is 2.78. The minimum absolute atomic E-state index is 0.182. The van der Waals surface area contributed by atoms with Crippen molar-refractivity contribution in [2.75, 3.05) is 5.32 Å². The predicted octanol–water partition coefficient (Wildman–Crippen LogP) is 3.71. The molecule has 2 aromatic rings. The topological polar surface area (TPSA) is 49.3 Å². The summed E-state index contributed by atoms with van der Waals surface area (Å²) in [7, 11) is 0. The third-order valence-electron chi connectivity index (χ3n) is 3.23. The summed E-state index contributed by atoms with van der Waals surface area (Å²) in [5.74, 6) is -0.602. The highest BCUT2D eigenvalue weighted by Crippen LogP contribution is 2.25. The maximum Gasteiger partial charge on any atom is 0.255 e. The second kappa shape index (κ2) is 5.33. The lowest BCUT2D eigenvalue weighted by molar-refractivity contribution is 0.102. The van der Waals surface area contributed by atoms with E-state index in [0.29, 0.717) is 16.8 Å². The molecule has 0 saturated heterocycles. The molecule has 2 N–H and O–H groups in total. The number of halogens is 1. The average Bonchev–Trinajstić information content (AvgIpc) is 2.39. The van der Waals surface area contributed by atoms with Gasteiger partial charge < -0.3 is 10.4 Å². The van der Waals surface area contributed by atoms with Gasteiger partial charge in [0.05, 0.1) is 0 Å². The third-order valence-corrected chi connectivity index (χ3v) is 3.23. The minimum atomic E-state index is -0.406. The number of hydrogen-bond acceptors (Lipinski definition) is 2. The van der Waals surface area contributed by atoms with Gasteiger partial charge in [-0.25, -0.2) is 4.39 Å². The Hall–Kier alpha value is -2.36. The van der Waals surface area contributed by atoms with Crippen LogP contribution in [0.15, 0.2) is 30.3 Å². The van der Waals surface area contributed by atoms with Gasteiger partial charge in [0.2, 0.25) is 0 Å². The molecule has 0 fully saturated rings. The van der Waals surface area contributed by atoms with E-state index >= 15 is 0 Å². The molecule has 0 heterocycles. The Bertz CT molecular complexity index is 680. The minimum Gasteiger partial charge on any atom is -0.508 e. The van der Waals surface area contributed by atoms with Crippen LogP contribution in [-0.4, -0.2) is 11.0 Å². The molecule has 0 aromatic heterocycles. The number of aromatic hydroxyl groups is 1. The van der Waals surface area contributed by atoms with Gasteiger partial charge in [0.25, 0.3) is 5.91 Å². The molecule has 0 spiro atoms. The zero-order valence-electron chi connectivity index (χ0n) is 11.6. The summed E-state index contributed by atoms with van der Waals surface area (Å²) in [5, 5.41) is 12.3. The fraction of sp³-hybridized carbons (Fsp3) is 0.188. The first-order valence-corrected chi connectivity index (χ1v) is 6.26. The molecule has 1 amide bonds. The molecule has 0 aliphatic heterocycles. The van der Waals surface area contributed by atoms with Crippen molar-refractivity contribution in [1.29, 1.82) is 0 Å². The highest BCUT2D eigenvalue weighted by Gasteiger charge is 2.11. The highest BCUT2D eigenvalue weighted by molar-refractivity contribution is 6.04. The number of anilines is 1. The lowest BCUT2D eigenvalue weighted by Crippen LogP contribution is -2.13. The van der Waals surface area contributed by atoms with Crippen molar-refractivity contribution in [3.05, 3.63) is 58.4 Å². The Morgan fingerprint density at radius 2 is 1.75 bits per heavy atom. The average molecular weight is 273 g/mol. The van der Waals surface area contributed by atoms with E-state index in [9.17, 15) is 14.3 Å². The Morgan fingerprint density at radius 3 is 2.40 bits per heavy atom. The van der Waals surface area contributed by atoms with Crippen molar-refractivity contribution in [1.82, 2.24) is 0 Å². The van der Waals surface area contributed by atoms with E-state index < -0.39 is 5.82 Å². The summed E-state index contributed by atoms with van der Waals surface area (Å²) in [6.07, 6.45) is 0. The van der Waals surface area contributed by atoms with Crippen LogP contribution >= 0.6 is 0 Å². The molecule has 0 saturated carbocycles.